The first-order chi connectivity index (χ1) is 13.6. The maximum absolute atomic E-state index is 13.8. The third-order valence-electron chi connectivity index (χ3n) is 3.75. The molecule has 0 unspecified atom stereocenters. The SMILES string of the molecule is O=C(Nc1nc(-c2ccccc2F)cs1)Nc1nc(-c2ccccc2F)cs1. The molecule has 0 fully saturated rings. The van der Waals surface area contributed by atoms with Gasteiger partial charge in [-0.05, 0) is 24.3 Å². The van der Waals surface area contributed by atoms with Crippen LogP contribution in [0.1, 0.15) is 0 Å². The first-order valence-electron chi connectivity index (χ1n) is 8.09. The molecule has 0 bridgehead atoms. The number of anilines is 2. The first kappa shape index (κ1) is 18.2. The van der Waals surface area contributed by atoms with E-state index in [2.05, 4.69) is 20.6 Å². The minimum atomic E-state index is -0.538. The van der Waals surface area contributed by atoms with Gasteiger partial charge in [-0.2, -0.15) is 0 Å². The zero-order chi connectivity index (χ0) is 19.5. The maximum atomic E-state index is 13.8. The molecule has 4 aromatic rings. The number of urea groups is 1. The van der Waals surface area contributed by atoms with Crippen LogP contribution in [0.4, 0.5) is 23.8 Å². The molecule has 9 heteroatoms. The number of hydrogen-bond donors (Lipinski definition) is 2. The third kappa shape index (κ3) is 3.90. The highest BCUT2D eigenvalue weighted by Gasteiger charge is 2.13. The minimum absolute atomic E-state index is 0.321. The Balaban J connectivity index is 1.43. The summed E-state index contributed by atoms with van der Waals surface area (Å²) in [5.41, 5.74) is 1.60. The molecule has 0 aliphatic heterocycles. The topological polar surface area (TPSA) is 66.9 Å². The maximum Gasteiger partial charge on any atom is 0.327 e. The summed E-state index contributed by atoms with van der Waals surface area (Å²) in [5, 5.41) is 9.14. The fourth-order valence-corrected chi connectivity index (χ4v) is 3.88. The molecule has 5 nitrogen and oxygen atoms in total. The Morgan fingerprint density at radius 3 is 1.61 bits per heavy atom. The molecule has 0 spiro atoms. The van der Waals surface area contributed by atoms with Gasteiger partial charge >= 0.3 is 6.03 Å². The molecule has 2 heterocycles. The molecule has 28 heavy (non-hydrogen) atoms. The molecular weight excluding hydrogens is 402 g/mol. The number of carbonyl (C=O) groups excluding carboxylic acids is 1. The van der Waals surface area contributed by atoms with E-state index in [9.17, 15) is 13.6 Å². The average molecular weight is 414 g/mol. The number of hydrogen-bond acceptors (Lipinski definition) is 5. The van der Waals surface area contributed by atoms with Gasteiger partial charge in [-0.15, -0.1) is 22.7 Å². The molecule has 0 atom stereocenters. The fraction of sp³-hybridized carbons (Fsp3) is 0. The van der Waals surface area contributed by atoms with Crippen molar-refractivity contribution in [1.82, 2.24) is 9.97 Å². The minimum Gasteiger partial charge on any atom is -0.283 e. The number of nitrogens with zero attached hydrogens (tertiary/aromatic N) is 2. The van der Waals surface area contributed by atoms with Crippen molar-refractivity contribution < 1.29 is 13.6 Å². The number of thiazole rings is 2. The summed E-state index contributed by atoms with van der Waals surface area (Å²) >= 11 is 2.36. The van der Waals surface area contributed by atoms with E-state index in [1.165, 1.54) is 34.8 Å². The van der Waals surface area contributed by atoms with Gasteiger partial charge in [0.25, 0.3) is 0 Å². The summed E-state index contributed by atoms with van der Waals surface area (Å²) in [4.78, 5) is 20.6. The van der Waals surface area contributed by atoms with Gasteiger partial charge in [0.15, 0.2) is 10.3 Å². The normalized spacial score (nSPS) is 10.6. The smallest absolute Gasteiger partial charge is 0.283 e. The molecule has 4 rings (SSSR count). The molecule has 2 aromatic heterocycles. The number of halogens is 2. The molecule has 0 saturated carbocycles. The fourth-order valence-electron chi connectivity index (χ4n) is 2.47. The van der Waals surface area contributed by atoms with Crippen LogP contribution >= 0.6 is 22.7 Å². The summed E-state index contributed by atoms with van der Waals surface area (Å²) < 4.78 is 27.7. The second kappa shape index (κ2) is 7.83. The number of amides is 2. The van der Waals surface area contributed by atoms with Crippen molar-refractivity contribution in [3.05, 3.63) is 70.9 Å². The lowest BCUT2D eigenvalue weighted by molar-refractivity contribution is 0.262. The van der Waals surface area contributed by atoms with E-state index in [4.69, 9.17) is 0 Å². The molecule has 0 saturated heterocycles. The van der Waals surface area contributed by atoms with Gasteiger partial charge in [-0.25, -0.2) is 23.5 Å². The number of carbonyl (C=O) groups is 1. The highest BCUT2D eigenvalue weighted by atomic mass is 32.1. The Morgan fingerprint density at radius 1 is 0.750 bits per heavy atom. The Bertz CT molecular complexity index is 1050. The van der Waals surface area contributed by atoms with E-state index in [1.54, 1.807) is 47.2 Å². The van der Waals surface area contributed by atoms with E-state index in [0.29, 0.717) is 32.8 Å². The molecular formula is C19H12F2N4OS2. The molecule has 0 aliphatic carbocycles. The summed E-state index contributed by atoms with van der Waals surface area (Å²) in [6.07, 6.45) is 0. The van der Waals surface area contributed by atoms with Gasteiger partial charge in [0.05, 0.1) is 11.4 Å². The van der Waals surface area contributed by atoms with Crippen LogP contribution in [-0.4, -0.2) is 16.0 Å². The number of benzene rings is 2. The van der Waals surface area contributed by atoms with Gasteiger partial charge in [-0.3, -0.25) is 10.6 Å². The monoisotopic (exact) mass is 414 g/mol. The van der Waals surface area contributed by atoms with Gasteiger partial charge in [-0.1, -0.05) is 24.3 Å². The largest absolute Gasteiger partial charge is 0.327 e. The van der Waals surface area contributed by atoms with Gasteiger partial charge in [0.2, 0.25) is 0 Å². The lowest BCUT2D eigenvalue weighted by Crippen LogP contribution is -2.19. The Hall–Kier alpha value is -3.17. The van der Waals surface area contributed by atoms with Gasteiger partial charge in [0.1, 0.15) is 11.6 Å². The van der Waals surface area contributed by atoms with Gasteiger partial charge in [0, 0.05) is 21.9 Å². The Kier molecular flexibility index (Phi) is 5.09. The lowest BCUT2D eigenvalue weighted by Gasteiger charge is -2.02. The van der Waals surface area contributed by atoms with Crippen molar-refractivity contribution in [2.75, 3.05) is 10.6 Å². The van der Waals surface area contributed by atoms with Crippen LogP contribution < -0.4 is 10.6 Å². The number of nitrogens with one attached hydrogen (secondary N) is 2. The van der Waals surface area contributed by atoms with Crippen molar-refractivity contribution in [2.45, 2.75) is 0 Å². The Morgan fingerprint density at radius 2 is 1.18 bits per heavy atom. The summed E-state index contributed by atoms with van der Waals surface area (Å²) in [7, 11) is 0. The quantitative estimate of drug-likeness (QED) is 0.440. The zero-order valence-corrected chi connectivity index (χ0v) is 15.8. The average Bonchev–Trinajstić information content (AvgIpc) is 3.32. The van der Waals surface area contributed by atoms with Gasteiger partial charge < -0.3 is 0 Å². The summed E-state index contributed by atoms with van der Waals surface area (Å²) in [6, 6.07) is 12.0. The first-order valence-corrected chi connectivity index (χ1v) is 9.85. The zero-order valence-electron chi connectivity index (χ0n) is 14.1. The number of aromatic nitrogens is 2. The molecule has 0 radical (unpaired) electrons. The number of rotatable bonds is 4. The van der Waals surface area contributed by atoms with Crippen LogP contribution in [0, 0.1) is 11.6 Å². The molecule has 0 aliphatic rings. The van der Waals surface area contributed by atoms with E-state index in [-0.39, 0.29) is 11.6 Å². The van der Waals surface area contributed by atoms with Crippen LogP contribution in [0.2, 0.25) is 0 Å². The highest BCUT2D eigenvalue weighted by molar-refractivity contribution is 7.14. The van der Waals surface area contributed by atoms with Crippen molar-refractivity contribution in [3.63, 3.8) is 0 Å². The molecule has 140 valence electrons. The van der Waals surface area contributed by atoms with Crippen molar-refractivity contribution in [2.24, 2.45) is 0 Å². The van der Waals surface area contributed by atoms with Crippen molar-refractivity contribution in [1.29, 1.82) is 0 Å². The van der Waals surface area contributed by atoms with E-state index >= 15 is 0 Å². The lowest BCUT2D eigenvalue weighted by atomic mass is 10.2. The van der Waals surface area contributed by atoms with E-state index < -0.39 is 6.03 Å². The second-order valence-electron chi connectivity index (χ2n) is 5.61. The highest BCUT2D eigenvalue weighted by Crippen LogP contribution is 2.28. The van der Waals surface area contributed by atoms with E-state index in [1.807, 2.05) is 0 Å². The van der Waals surface area contributed by atoms with Crippen LogP contribution in [0.15, 0.2) is 59.3 Å². The predicted octanol–water partition coefficient (Wildman–Crippen LogP) is 5.86. The standard InChI is InChI=1S/C19H12F2N4OS2/c20-13-7-3-1-5-11(13)15-9-27-18(22-15)24-17(26)25-19-23-16(10-28-19)12-6-2-4-8-14(12)21/h1-10H,(H2,22,23,24,25,26). The van der Waals surface area contributed by atoms with Crippen LogP contribution in [0.3, 0.4) is 0 Å². The van der Waals surface area contributed by atoms with Crippen LogP contribution in [-0.2, 0) is 0 Å². The molecule has 2 aromatic carbocycles. The second-order valence-corrected chi connectivity index (χ2v) is 7.33. The third-order valence-corrected chi connectivity index (χ3v) is 5.26. The molecule has 2 amide bonds. The molecule has 2 N–H and O–H groups in total. The predicted molar refractivity (Wildman–Crippen MR) is 108 cm³/mol. The van der Waals surface area contributed by atoms with E-state index in [0.717, 1.165) is 0 Å². The summed E-state index contributed by atoms with van der Waals surface area (Å²) in [6.45, 7) is 0. The summed E-state index contributed by atoms with van der Waals surface area (Å²) in [5.74, 6) is -0.764. The van der Waals surface area contributed by atoms with Crippen molar-refractivity contribution >= 4 is 39.0 Å². The van der Waals surface area contributed by atoms with Crippen LogP contribution in [0.25, 0.3) is 22.5 Å². The van der Waals surface area contributed by atoms with Crippen LogP contribution in [0.5, 0.6) is 0 Å². The Labute approximate surface area is 166 Å². The van der Waals surface area contributed by atoms with Crippen molar-refractivity contribution in [3.8, 4) is 22.5 Å².